The van der Waals surface area contributed by atoms with Crippen LogP contribution in [-0.4, -0.2) is 18.3 Å². The maximum Gasteiger partial charge on any atom is 0.270 e. The highest BCUT2D eigenvalue weighted by atomic mass is 28.4. The molecule has 0 saturated heterocycles. The standard InChI is InChI=1S/C14H23NO4Si/c1-14(2,3)20(4,5)19-10-12-6-11(9-16)7-13(8-12)15(17)18/h6-8,16H,9-10H2,1-5H3. The third-order valence-electron chi connectivity index (χ3n) is 3.84. The van der Waals surface area contributed by atoms with Crippen LogP contribution < -0.4 is 0 Å². The van der Waals surface area contributed by atoms with Crippen molar-refractivity contribution in [2.24, 2.45) is 0 Å². The molecule has 6 heteroatoms. The first-order valence-corrected chi connectivity index (χ1v) is 9.50. The minimum Gasteiger partial charge on any atom is -0.413 e. The Hall–Kier alpha value is -1.24. The number of hydrogen-bond acceptors (Lipinski definition) is 4. The Morgan fingerprint density at radius 2 is 1.80 bits per heavy atom. The van der Waals surface area contributed by atoms with Gasteiger partial charge in [-0.3, -0.25) is 10.1 Å². The van der Waals surface area contributed by atoms with E-state index in [-0.39, 0.29) is 17.3 Å². The van der Waals surface area contributed by atoms with Gasteiger partial charge in [0.2, 0.25) is 0 Å². The molecular weight excluding hydrogens is 274 g/mol. The Balaban J connectivity index is 2.93. The third-order valence-corrected chi connectivity index (χ3v) is 8.32. The first-order valence-electron chi connectivity index (χ1n) is 6.59. The molecule has 0 amide bonds. The quantitative estimate of drug-likeness (QED) is 0.512. The van der Waals surface area contributed by atoms with Crippen LogP contribution >= 0.6 is 0 Å². The van der Waals surface area contributed by atoms with Crippen molar-refractivity contribution in [3.63, 3.8) is 0 Å². The van der Waals surface area contributed by atoms with Gasteiger partial charge in [0.15, 0.2) is 8.32 Å². The van der Waals surface area contributed by atoms with E-state index in [4.69, 9.17) is 4.43 Å². The second-order valence-corrected chi connectivity index (χ2v) is 11.3. The zero-order valence-corrected chi connectivity index (χ0v) is 13.8. The summed E-state index contributed by atoms with van der Waals surface area (Å²) in [5.74, 6) is 0. The number of benzene rings is 1. The molecule has 0 radical (unpaired) electrons. The predicted molar refractivity (Wildman–Crippen MR) is 81.0 cm³/mol. The van der Waals surface area contributed by atoms with Crippen LogP contribution in [0.3, 0.4) is 0 Å². The lowest BCUT2D eigenvalue weighted by Crippen LogP contribution is -2.40. The molecule has 0 spiro atoms. The van der Waals surface area contributed by atoms with Gasteiger partial charge in [-0.05, 0) is 29.3 Å². The first-order chi connectivity index (χ1) is 9.06. The predicted octanol–water partition coefficient (Wildman–Crippen LogP) is 3.61. The summed E-state index contributed by atoms with van der Waals surface area (Å²) >= 11 is 0. The molecule has 5 nitrogen and oxygen atoms in total. The Kier molecular flexibility index (Phi) is 5.07. The van der Waals surface area contributed by atoms with E-state index in [1.54, 1.807) is 6.07 Å². The summed E-state index contributed by atoms with van der Waals surface area (Å²) in [5, 5.41) is 20.1. The average molecular weight is 297 g/mol. The highest BCUT2D eigenvalue weighted by Gasteiger charge is 2.37. The smallest absolute Gasteiger partial charge is 0.270 e. The largest absolute Gasteiger partial charge is 0.413 e. The second-order valence-electron chi connectivity index (χ2n) is 6.47. The molecule has 1 aromatic rings. The van der Waals surface area contributed by atoms with Crippen LogP contribution in [0, 0.1) is 10.1 Å². The number of hydrogen-bond donors (Lipinski definition) is 1. The number of rotatable bonds is 5. The summed E-state index contributed by atoms with van der Waals surface area (Å²) in [6.07, 6.45) is 0. The number of aliphatic hydroxyl groups excluding tert-OH is 1. The molecule has 0 heterocycles. The van der Waals surface area contributed by atoms with Gasteiger partial charge in [-0.2, -0.15) is 0 Å². The van der Waals surface area contributed by atoms with Crippen molar-refractivity contribution in [1.82, 2.24) is 0 Å². The molecule has 1 aromatic carbocycles. The number of nitrogens with zero attached hydrogens (tertiary/aromatic N) is 1. The van der Waals surface area contributed by atoms with Crippen LogP contribution in [0.25, 0.3) is 0 Å². The Labute approximate surface area is 120 Å². The van der Waals surface area contributed by atoms with Crippen molar-refractivity contribution in [3.8, 4) is 0 Å². The minimum atomic E-state index is -1.89. The van der Waals surface area contributed by atoms with Crippen LogP contribution in [0.15, 0.2) is 18.2 Å². The van der Waals surface area contributed by atoms with Crippen molar-refractivity contribution in [2.45, 2.75) is 52.1 Å². The highest BCUT2D eigenvalue weighted by Crippen LogP contribution is 2.37. The lowest BCUT2D eigenvalue weighted by Gasteiger charge is -2.36. The van der Waals surface area contributed by atoms with Gasteiger partial charge in [0, 0.05) is 12.1 Å². The SMILES string of the molecule is CC(C)(C)[Si](C)(C)OCc1cc(CO)cc([N+](=O)[O-])c1. The second kappa shape index (κ2) is 6.03. The third kappa shape index (κ3) is 4.13. The van der Waals surface area contributed by atoms with Gasteiger partial charge in [0.1, 0.15) is 0 Å². The van der Waals surface area contributed by atoms with E-state index < -0.39 is 13.2 Å². The summed E-state index contributed by atoms with van der Waals surface area (Å²) in [5.41, 5.74) is 1.26. The van der Waals surface area contributed by atoms with Gasteiger partial charge in [-0.25, -0.2) is 0 Å². The van der Waals surface area contributed by atoms with Crippen molar-refractivity contribution in [1.29, 1.82) is 0 Å². The lowest BCUT2D eigenvalue weighted by atomic mass is 10.1. The Morgan fingerprint density at radius 3 is 2.25 bits per heavy atom. The molecule has 1 rings (SSSR count). The highest BCUT2D eigenvalue weighted by molar-refractivity contribution is 6.74. The van der Waals surface area contributed by atoms with E-state index in [9.17, 15) is 15.2 Å². The van der Waals surface area contributed by atoms with E-state index >= 15 is 0 Å². The number of non-ortho nitro benzene ring substituents is 1. The van der Waals surface area contributed by atoms with Crippen molar-refractivity contribution < 1.29 is 14.5 Å². The molecule has 0 aliphatic rings. The molecule has 20 heavy (non-hydrogen) atoms. The van der Waals surface area contributed by atoms with Crippen molar-refractivity contribution >= 4 is 14.0 Å². The van der Waals surface area contributed by atoms with Gasteiger partial charge >= 0.3 is 0 Å². The molecule has 0 saturated carbocycles. The molecule has 112 valence electrons. The number of aliphatic hydroxyl groups is 1. The maximum atomic E-state index is 10.9. The Morgan fingerprint density at radius 1 is 1.25 bits per heavy atom. The van der Waals surface area contributed by atoms with Crippen LogP contribution in [0.1, 0.15) is 31.9 Å². The monoisotopic (exact) mass is 297 g/mol. The van der Waals surface area contributed by atoms with Gasteiger partial charge in [-0.1, -0.05) is 26.8 Å². The van der Waals surface area contributed by atoms with E-state index in [2.05, 4.69) is 33.9 Å². The fourth-order valence-corrected chi connectivity index (χ4v) is 2.46. The van der Waals surface area contributed by atoms with Crippen LogP contribution in [0.5, 0.6) is 0 Å². The molecule has 0 fully saturated rings. The van der Waals surface area contributed by atoms with Crippen molar-refractivity contribution in [2.75, 3.05) is 0 Å². The van der Waals surface area contributed by atoms with Gasteiger partial charge in [-0.15, -0.1) is 0 Å². The van der Waals surface area contributed by atoms with Gasteiger partial charge < -0.3 is 9.53 Å². The summed E-state index contributed by atoms with van der Waals surface area (Å²) in [4.78, 5) is 10.4. The number of nitro groups is 1. The number of nitro benzene ring substituents is 1. The van der Waals surface area contributed by atoms with Crippen LogP contribution in [0.4, 0.5) is 5.69 Å². The fraction of sp³-hybridized carbons (Fsp3) is 0.571. The van der Waals surface area contributed by atoms with Crippen LogP contribution in [0.2, 0.25) is 18.1 Å². The topological polar surface area (TPSA) is 72.6 Å². The first kappa shape index (κ1) is 16.8. The molecule has 0 aromatic heterocycles. The summed E-state index contributed by atoms with van der Waals surface area (Å²) in [7, 11) is -1.89. The van der Waals surface area contributed by atoms with E-state index in [1.165, 1.54) is 12.1 Å². The van der Waals surface area contributed by atoms with Crippen LogP contribution in [-0.2, 0) is 17.6 Å². The summed E-state index contributed by atoms with van der Waals surface area (Å²) < 4.78 is 6.05. The Bertz CT molecular complexity index is 494. The normalized spacial score (nSPS) is 12.5. The van der Waals surface area contributed by atoms with E-state index in [0.29, 0.717) is 12.2 Å². The summed E-state index contributed by atoms with van der Waals surface area (Å²) in [6.45, 7) is 10.8. The molecule has 0 bridgehead atoms. The molecular formula is C14H23NO4Si. The molecule has 0 aliphatic heterocycles. The summed E-state index contributed by atoms with van der Waals surface area (Å²) in [6, 6.07) is 4.64. The minimum absolute atomic E-state index is 0.00891. The van der Waals surface area contributed by atoms with E-state index in [0.717, 1.165) is 5.56 Å². The zero-order chi connectivity index (χ0) is 15.6. The lowest BCUT2D eigenvalue weighted by molar-refractivity contribution is -0.385. The fourth-order valence-electron chi connectivity index (χ4n) is 1.50. The van der Waals surface area contributed by atoms with E-state index in [1.807, 2.05) is 0 Å². The van der Waals surface area contributed by atoms with Crippen molar-refractivity contribution in [3.05, 3.63) is 39.4 Å². The molecule has 0 aliphatic carbocycles. The molecule has 1 N–H and O–H groups in total. The van der Waals surface area contributed by atoms with Gasteiger partial charge in [0.25, 0.3) is 5.69 Å². The molecule has 0 atom stereocenters. The molecule has 0 unspecified atom stereocenters. The maximum absolute atomic E-state index is 10.9. The van der Waals surface area contributed by atoms with Gasteiger partial charge in [0.05, 0.1) is 18.1 Å². The average Bonchev–Trinajstić information content (AvgIpc) is 2.34. The zero-order valence-electron chi connectivity index (χ0n) is 12.8.